The fraction of sp³-hybridized carbons (Fsp3) is 0.478. The molecule has 3 heterocycles. The molecule has 2 aromatic rings. The molecule has 148 valence electrons. The predicted molar refractivity (Wildman–Crippen MR) is 109 cm³/mol. The zero-order chi connectivity index (χ0) is 19.1. The van der Waals surface area contributed by atoms with Crippen LogP contribution in [0.3, 0.4) is 0 Å². The molecule has 0 aromatic heterocycles. The number of rotatable bonds is 4. The normalized spacial score (nSPS) is 26.5. The molecule has 1 spiro atoms. The maximum Gasteiger partial charge on any atom is 0.123 e. The van der Waals surface area contributed by atoms with Crippen LogP contribution in [0.4, 0.5) is 10.1 Å². The Balaban J connectivity index is 1.30. The molecule has 0 saturated carbocycles. The number of fused-ring (bicyclic) bond motifs is 2. The standard InChI is InChI=1S/C23H28FN3O/c1-26-13-11-23-10-3-12-27(14-15-28-18-8-6-17(24)7-9-18)16-20(25-23)19-4-2-5-21(26)22(19)23/h2,4-9,20,25H,3,10-16H2,1H3. The number of halogens is 1. The van der Waals surface area contributed by atoms with Gasteiger partial charge < -0.3 is 9.64 Å². The van der Waals surface area contributed by atoms with Gasteiger partial charge in [0.1, 0.15) is 18.2 Å². The molecule has 1 saturated heterocycles. The minimum absolute atomic E-state index is 0.166. The largest absolute Gasteiger partial charge is 0.492 e. The number of anilines is 1. The van der Waals surface area contributed by atoms with E-state index in [0.717, 1.165) is 31.9 Å². The molecule has 4 nitrogen and oxygen atoms in total. The van der Waals surface area contributed by atoms with Crippen LogP contribution in [0, 0.1) is 5.82 Å². The summed E-state index contributed by atoms with van der Waals surface area (Å²) in [5.41, 5.74) is 4.61. The molecule has 5 heteroatoms. The van der Waals surface area contributed by atoms with E-state index in [-0.39, 0.29) is 11.4 Å². The van der Waals surface area contributed by atoms with E-state index in [9.17, 15) is 4.39 Å². The van der Waals surface area contributed by atoms with Crippen molar-refractivity contribution in [2.24, 2.45) is 0 Å². The van der Waals surface area contributed by atoms with Crippen molar-refractivity contribution in [2.45, 2.75) is 30.8 Å². The first-order valence-corrected chi connectivity index (χ1v) is 10.4. The molecule has 0 amide bonds. The Morgan fingerprint density at radius 3 is 2.86 bits per heavy atom. The van der Waals surface area contributed by atoms with Gasteiger partial charge in [-0.05, 0) is 61.7 Å². The first kappa shape index (κ1) is 18.0. The molecule has 1 N–H and O–H groups in total. The van der Waals surface area contributed by atoms with Gasteiger partial charge in [0.25, 0.3) is 0 Å². The van der Waals surface area contributed by atoms with Gasteiger partial charge in [0, 0.05) is 49.5 Å². The minimum Gasteiger partial charge on any atom is -0.492 e. The van der Waals surface area contributed by atoms with Crippen LogP contribution in [0.25, 0.3) is 0 Å². The average molecular weight is 381 g/mol. The number of hydrogen-bond donors (Lipinski definition) is 1. The Morgan fingerprint density at radius 1 is 1.14 bits per heavy atom. The van der Waals surface area contributed by atoms with E-state index in [2.05, 4.69) is 40.4 Å². The predicted octanol–water partition coefficient (Wildman–Crippen LogP) is 3.68. The summed E-state index contributed by atoms with van der Waals surface area (Å²) < 4.78 is 18.9. The molecule has 2 aromatic carbocycles. The zero-order valence-electron chi connectivity index (χ0n) is 16.5. The van der Waals surface area contributed by atoms with Crippen LogP contribution in [0.15, 0.2) is 42.5 Å². The lowest BCUT2D eigenvalue weighted by molar-refractivity contribution is 0.150. The maximum atomic E-state index is 13.0. The number of nitrogens with one attached hydrogen (secondary N) is 1. The van der Waals surface area contributed by atoms with E-state index >= 15 is 0 Å². The third kappa shape index (κ3) is 3.07. The van der Waals surface area contributed by atoms with Crippen molar-refractivity contribution in [2.75, 3.05) is 44.7 Å². The fourth-order valence-corrected chi connectivity index (χ4v) is 5.29. The summed E-state index contributed by atoms with van der Waals surface area (Å²) in [5.74, 6) is 0.503. The lowest BCUT2D eigenvalue weighted by atomic mass is 9.79. The average Bonchev–Trinajstić information content (AvgIpc) is 3.02. The Labute approximate surface area is 166 Å². The second kappa shape index (κ2) is 7.05. The van der Waals surface area contributed by atoms with Crippen LogP contribution in [0.5, 0.6) is 5.75 Å². The molecular formula is C23H28FN3O. The molecule has 0 radical (unpaired) electrons. The van der Waals surface area contributed by atoms with E-state index in [1.165, 1.54) is 42.6 Å². The molecule has 1 fully saturated rings. The highest BCUT2D eigenvalue weighted by Gasteiger charge is 2.48. The Kier molecular flexibility index (Phi) is 4.52. The molecule has 3 aliphatic heterocycles. The molecule has 0 aliphatic carbocycles. The number of nitrogens with zero attached hydrogens (tertiary/aromatic N) is 2. The van der Waals surface area contributed by atoms with Crippen LogP contribution in [0.1, 0.15) is 36.4 Å². The van der Waals surface area contributed by atoms with Gasteiger partial charge in [-0.3, -0.25) is 10.2 Å². The van der Waals surface area contributed by atoms with Crippen molar-refractivity contribution in [1.82, 2.24) is 10.2 Å². The number of benzene rings is 2. The summed E-state index contributed by atoms with van der Waals surface area (Å²) in [6, 6.07) is 13.5. The van der Waals surface area contributed by atoms with Crippen LogP contribution < -0.4 is 15.0 Å². The van der Waals surface area contributed by atoms with Gasteiger partial charge in [0.15, 0.2) is 0 Å². The summed E-state index contributed by atoms with van der Waals surface area (Å²) in [5, 5.41) is 4.03. The van der Waals surface area contributed by atoms with E-state index < -0.39 is 0 Å². The molecule has 2 atom stereocenters. The second-order valence-electron chi connectivity index (χ2n) is 8.40. The van der Waals surface area contributed by atoms with Crippen molar-refractivity contribution < 1.29 is 9.13 Å². The summed E-state index contributed by atoms with van der Waals surface area (Å²) in [6.45, 7) is 4.74. The maximum absolute atomic E-state index is 13.0. The summed E-state index contributed by atoms with van der Waals surface area (Å²) in [4.78, 5) is 4.92. The molecule has 2 unspecified atom stereocenters. The Bertz CT molecular complexity index is 855. The van der Waals surface area contributed by atoms with Crippen molar-refractivity contribution in [3.05, 3.63) is 59.4 Å². The van der Waals surface area contributed by atoms with Crippen LogP contribution >= 0.6 is 0 Å². The van der Waals surface area contributed by atoms with Gasteiger partial charge >= 0.3 is 0 Å². The van der Waals surface area contributed by atoms with E-state index in [0.29, 0.717) is 12.6 Å². The van der Waals surface area contributed by atoms with Gasteiger partial charge in [-0.25, -0.2) is 4.39 Å². The lowest BCUT2D eigenvalue weighted by Gasteiger charge is -2.42. The van der Waals surface area contributed by atoms with Crippen molar-refractivity contribution >= 4 is 5.69 Å². The molecule has 2 bridgehead atoms. The Morgan fingerprint density at radius 2 is 2.00 bits per heavy atom. The minimum atomic E-state index is -0.229. The highest BCUT2D eigenvalue weighted by molar-refractivity contribution is 5.64. The van der Waals surface area contributed by atoms with Crippen LogP contribution in [0.2, 0.25) is 0 Å². The fourth-order valence-electron chi connectivity index (χ4n) is 5.29. The first-order chi connectivity index (χ1) is 13.6. The first-order valence-electron chi connectivity index (χ1n) is 10.4. The highest BCUT2D eigenvalue weighted by Crippen LogP contribution is 2.50. The van der Waals surface area contributed by atoms with E-state index in [1.54, 1.807) is 17.7 Å². The summed E-state index contributed by atoms with van der Waals surface area (Å²) in [6.07, 6.45) is 3.57. The van der Waals surface area contributed by atoms with Gasteiger partial charge in [0.05, 0.1) is 0 Å². The van der Waals surface area contributed by atoms with Crippen molar-refractivity contribution in [3.63, 3.8) is 0 Å². The van der Waals surface area contributed by atoms with Gasteiger partial charge in [-0.15, -0.1) is 0 Å². The van der Waals surface area contributed by atoms with Crippen molar-refractivity contribution in [3.8, 4) is 5.75 Å². The van der Waals surface area contributed by atoms with E-state index in [4.69, 9.17) is 4.74 Å². The number of ether oxygens (including phenoxy) is 1. The van der Waals surface area contributed by atoms with Crippen molar-refractivity contribution in [1.29, 1.82) is 0 Å². The molecule has 3 aliphatic rings. The van der Waals surface area contributed by atoms with Gasteiger partial charge in [-0.1, -0.05) is 12.1 Å². The Hall–Kier alpha value is -2.11. The summed E-state index contributed by atoms with van der Waals surface area (Å²) in [7, 11) is 2.21. The summed E-state index contributed by atoms with van der Waals surface area (Å²) >= 11 is 0. The smallest absolute Gasteiger partial charge is 0.123 e. The van der Waals surface area contributed by atoms with Crippen LogP contribution in [-0.4, -0.2) is 44.7 Å². The van der Waals surface area contributed by atoms with Gasteiger partial charge in [-0.2, -0.15) is 0 Å². The quantitative estimate of drug-likeness (QED) is 0.874. The topological polar surface area (TPSA) is 27.7 Å². The third-order valence-electron chi connectivity index (χ3n) is 6.67. The molecule has 28 heavy (non-hydrogen) atoms. The van der Waals surface area contributed by atoms with E-state index in [1.807, 2.05) is 0 Å². The third-order valence-corrected chi connectivity index (χ3v) is 6.67. The second-order valence-corrected chi connectivity index (χ2v) is 8.40. The highest BCUT2D eigenvalue weighted by atomic mass is 19.1. The molecular weight excluding hydrogens is 353 g/mol. The monoisotopic (exact) mass is 381 g/mol. The SMILES string of the molecule is CN1CCC23CCCN(CCOc4ccc(F)cc4)CC(N2)c2cccc1c23. The van der Waals surface area contributed by atoms with Gasteiger partial charge in [0.2, 0.25) is 0 Å². The molecule has 5 rings (SSSR count). The zero-order valence-corrected chi connectivity index (χ0v) is 16.5. The number of hydrogen-bond acceptors (Lipinski definition) is 4. The lowest BCUT2D eigenvalue weighted by Crippen LogP contribution is -2.49. The van der Waals surface area contributed by atoms with Crippen LogP contribution in [-0.2, 0) is 5.54 Å².